The zero-order chi connectivity index (χ0) is 40.4. The minimum Gasteiger partial charge on any atom is -0.456 e. The molecule has 0 fully saturated rings. The summed E-state index contributed by atoms with van der Waals surface area (Å²) in [6.07, 6.45) is 0. The third-order valence-electron chi connectivity index (χ3n) is 10.3. The zero-order valence-corrected chi connectivity index (χ0v) is 27.1. The molecule has 236 valence electrons. The van der Waals surface area contributed by atoms with Gasteiger partial charge in [0.05, 0.1) is 11.0 Å². The van der Waals surface area contributed by atoms with Gasteiger partial charge in [0.25, 0.3) is 0 Å². The molecule has 0 aliphatic rings. The molecule has 0 amide bonds. The Kier molecular flexibility index (Phi) is 4.57. The molecule has 51 heavy (non-hydrogen) atoms. The zero-order valence-electron chi connectivity index (χ0n) is 35.1. The van der Waals surface area contributed by atoms with Crippen LogP contribution in [0.1, 0.15) is 11.0 Å². The molecule has 10 aromatic carbocycles. The molecule has 0 saturated heterocycles. The van der Waals surface area contributed by atoms with Gasteiger partial charge >= 0.3 is 0 Å². The van der Waals surface area contributed by atoms with Crippen molar-refractivity contribution in [3.63, 3.8) is 0 Å². The molecule has 1 nitrogen and oxygen atoms in total. The third-order valence-corrected chi connectivity index (χ3v) is 10.3. The fourth-order valence-corrected chi connectivity index (χ4v) is 7.93. The van der Waals surface area contributed by atoms with E-state index in [0.717, 1.165) is 65.4 Å². The van der Waals surface area contributed by atoms with Gasteiger partial charge < -0.3 is 4.42 Å². The summed E-state index contributed by atoms with van der Waals surface area (Å²) in [4.78, 5) is 0. The molecule has 0 atom stereocenters. The maximum absolute atomic E-state index is 9.36. The van der Waals surface area contributed by atoms with E-state index in [2.05, 4.69) is 42.5 Å². The smallest absolute Gasteiger partial charge is 0.136 e. The van der Waals surface area contributed by atoms with Gasteiger partial charge in [0.2, 0.25) is 0 Å². The van der Waals surface area contributed by atoms with E-state index < -0.39 is 24.2 Å². The summed E-state index contributed by atoms with van der Waals surface area (Å²) >= 11 is 0. The summed E-state index contributed by atoms with van der Waals surface area (Å²) < 4.78 is 79.0. The van der Waals surface area contributed by atoms with E-state index in [0.29, 0.717) is 22.3 Å². The molecule has 0 bridgehead atoms. The van der Waals surface area contributed by atoms with E-state index in [1.165, 1.54) is 0 Å². The Morgan fingerprint density at radius 3 is 1.65 bits per heavy atom. The number of hydrogen-bond donors (Lipinski definition) is 0. The predicted octanol–water partition coefficient (Wildman–Crippen LogP) is 14.4. The molecule has 0 radical (unpaired) electrons. The van der Waals surface area contributed by atoms with Crippen molar-refractivity contribution < 1.29 is 15.4 Å². The van der Waals surface area contributed by atoms with Crippen LogP contribution >= 0.6 is 0 Å². The molecule has 1 heterocycles. The molecule has 1 heteroatoms. The van der Waals surface area contributed by atoms with Gasteiger partial charge in [-0.05, 0) is 118 Å². The summed E-state index contributed by atoms with van der Waals surface area (Å²) in [5.41, 5.74) is 5.44. The van der Waals surface area contributed by atoms with Gasteiger partial charge in [0.15, 0.2) is 0 Å². The van der Waals surface area contributed by atoms with Gasteiger partial charge in [0, 0.05) is 10.8 Å². The van der Waals surface area contributed by atoms with Gasteiger partial charge in [-0.15, -0.1) is 0 Å². The predicted molar refractivity (Wildman–Crippen MR) is 218 cm³/mol. The van der Waals surface area contributed by atoms with Crippen molar-refractivity contribution in [3.8, 4) is 33.4 Å². The number of rotatable bonds is 3. The van der Waals surface area contributed by atoms with Crippen LogP contribution in [-0.4, -0.2) is 0 Å². The van der Waals surface area contributed by atoms with Crippen LogP contribution in [0.4, 0.5) is 0 Å². The summed E-state index contributed by atoms with van der Waals surface area (Å²) in [7, 11) is 0. The quantitative estimate of drug-likeness (QED) is 0.173. The first-order valence-corrected chi connectivity index (χ1v) is 16.9. The molecule has 0 saturated carbocycles. The number of benzene rings is 10. The summed E-state index contributed by atoms with van der Waals surface area (Å²) in [5.74, 6) is 0. The van der Waals surface area contributed by atoms with Crippen LogP contribution in [0.3, 0.4) is 0 Å². The van der Waals surface area contributed by atoms with E-state index in [-0.39, 0.29) is 45.7 Å². The van der Waals surface area contributed by atoms with Crippen molar-refractivity contribution in [1.82, 2.24) is 0 Å². The normalized spacial score (nSPS) is 14.1. The lowest BCUT2D eigenvalue weighted by molar-refractivity contribution is 0.669. The van der Waals surface area contributed by atoms with Crippen molar-refractivity contribution in [2.45, 2.75) is 0 Å². The maximum atomic E-state index is 9.36. The second kappa shape index (κ2) is 10.9. The first-order valence-electron chi connectivity index (χ1n) is 20.9. The maximum Gasteiger partial charge on any atom is 0.136 e. The van der Waals surface area contributed by atoms with E-state index >= 15 is 0 Å². The Hall–Kier alpha value is -6.70. The molecular weight excluding hydrogens is 617 g/mol. The molecular formula is C50H30O. The van der Waals surface area contributed by atoms with Gasteiger partial charge in [-0.25, -0.2) is 0 Å². The first-order chi connectivity index (χ1) is 28.6. The van der Waals surface area contributed by atoms with Crippen molar-refractivity contribution in [3.05, 3.63) is 182 Å². The van der Waals surface area contributed by atoms with E-state index in [9.17, 15) is 5.48 Å². The lowest BCUT2D eigenvalue weighted by atomic mass is 9.84. The standard InChI is InChI=1S/C50H30O/c1-3-13-38-31(10-1)12-9-19-40(38)49-43-17-7-5-15-41(43)48(42-16-6-8-18-44(42)49)37-23-22-33-28-34(20-21-35(33)29-37)36-24-26-45-47(30-36)51-46-27-25-32-11-2-4-14-39(32)50(45)46/h1-30H/i5D,6D,7D,8D,15D,16D,17D,18D. The number of fused-ring (bicyclic) bond motifs is 9. The fourth-order valence-electron chi connectivity index (χ4n) is 7.93. The Bertz CT molecular complexity index is 3580. The molecule has 11 rings (SSSR count). The van der Waals surface area contributed by atoms with Gasteiger partial charge in [0.1, 0.15) is 11.2 Å². The summed E-state index contributed by atoms with van der Waals surface area (Å²) in [6.45, 7) is 0. The van der Waals surface area contributed by atoms with Gasteiger partial charge in [-0.2, -0.15) is 0 Å². The average molecular weight is 655 g/mol. The summed E-state index contributed by atoms with van der Waals surface area (Å²) in [5, 5.41) is 8.68. The highest BCUT2D eigenvalue weighted by atomic mass is 16.3. The van der Waals surface area contributed by atoms with Crippen LogP contribution in [0.25, 0.3) is 109 Å². The van der Waals surface area contributed by atoms with Gasteiger partial charge in [-0.1, -0.05) is 151 Å². The molecule has 1 aromatic heterocycles. The Morgan fingerprint density at radius 1 is 0.353 bits per heavy atom. The Balaban J connectivity index is 1.16. The minimum atomic E-state index is -0.423. The van der Waals surface area contributed by atoms with Crippen molar-refractivity contribution in [2.75, 3.05) is 0 Å². The van der Waals surface area contributed by atoms with Crippen LogP contribution in [0.15, 0.2) is 186 Å². The first kappa shape index (κ1) is 21.4. The highest BCUT2D eigenvalue weighted by Gasteiger charge is 2.18. The lowest BCUT2D eigenvalue weighted by Gasteiger charge is -2.19. The van der Waals surface area contributed by atoms with E-state index in [4.69, 9.17) is 9.90 Å². The lowest BCUT2D eigenvalue weighted by Crippen LogP contribution is -1.91. The monoisotopic (exact) mass is 654 g/mol. The van der Waals surface area contributed by atoms with Crippen LogP contribution < -0.4 is 0 Å². The van der Waals surface area contributed by atoms with Crippen molar-refractivity contribution >= 4 is 75.8 Å². The summed E-state index contributed by atoms with van der Waals surface area (Å²) in [6, 6.07) is 41.1. The fraction of sp³-hybridized carbons (Fsp3) is 0. The van der Waals surface area contributed by atoms with Crippen LogP contribution in [0.2, 0.25) is 0 Å². The van der Waals surface area contributed by atoms with Crippen molar-refractivity contribution in [1.29, 1.82) is 0 Å². The molecule has 0 aliphatic heterocycles. The van der Waals surface area contributed by atoms with Crippen LogP contribution in [0.5, 0.6) is 0 Å². The van der Waals surface area contributed by atoms with E-state index in [1.54, 1.807) is 0 Å². The average Bonchev–Trinajstić information content (AvgIpc) is 3.66. The highest BCUT2D eigenvalue weighted by molar-refractivity contribution is 6.24. The minimum absolute atomic E-state index is 0.194. The largest absolute Gasteiger partial charge is 0.456 e. The second-order valence-corrected chi connectivity index (χ2v) is 13.0. The van der Waals surface area contributed by atoms with Crippen LogP contribution in [-0.2, 0) is 0 Å². The number of furan rings is 1. The molecule has 0 unspecified atom stereocenters. The molecule has 0 aliphatic carbocycles. The highest BCUT2D eigenvalue weighted by Crippen LogP contribution is 2.46. The van der Waals surface area contributed by atoms with Gasteiger partial charge in [-0.3, -0.25) is 0 Å². The Labute approximate surface area is 305 Å². The SMILES string of the molecule is [2H]c1c([2H])c([2H])c2c(-c3cccc4ccccc34)c3c([2H])c([2H])c([2H])c([2H])c3c(-c3ccc4cc(-c5ccc6c(c5)oc5ccc7ccccc7c56)ccc4c3)c2c1[2H]. The Morgan fingerprint density at radius 2 is 0.902 bits per heavy atom. The second-order valence-electron chi connectivity index (χ2n) is 13.0. The topological polar surface area (TPSA) is 13.1 Å². The van der Waals surface area contributed by atoms with E-state index in [1.807, 2.05) is 91.0 Å². The van der Waals surface area contributed by atoms with Crippen molar-refractivity contribution in [2.24, 2.45) is 0 Å². The number of hydrogen-bond acceptors (Lipinski definition) is 1. The van der Waals surface area contributed by atoms with Crippen LogP contribution in [0, 0.1) is 0 Å². The molecule has 11 aromatic rings. The molecule has 0 N–H and O–H groups in total. The third kappa shape index (κ3) is 4.28. The molecule has 0 spiro atoms.